The minimum atomic E-state index is -1.65. The van der Waals surface area contributed by atoms with E-state index in [4.69, 9.17) is 0 Å². The van der Waals surface area contributed by atoms with Crippen LogP contribution in [0, 0.1) is 41.4 Å². The Bertz CT molecular complexity index is 3240. The number of nitrogens with one attached hydrogen (secondary N) is 6. The molecule has 8 rings (SSSR count). The summed E-state index contributed by atoms with van der Waals surface area (Å²) in [5.41, 5.74) is 1.67. The molecule has 17 nitrogen and oxygen atoms in total. The predicted molar refractivity (Wildman–Crippen MR) is 355 cm³/mol. The maximum absolute atomic E-state index is 15.2. The number of aryl methyl sites for hydroxylation is 1. The van der Waals surface area contributed by atoms with Crippen molar-refractivity contribution < 1.29 is 43.2 Å². The van der Waals surface area contributed by atoms with Crippen LogP contribution < -0.4 is 31.9 Å². The maximum atomic E-state index is 15.2. The van der Waals surface area contributed by atoms with Crippen LogP contribution in [0.4, 0.5) is 0 Å². The number of hydrogen-bond donors (Lipinski definition) is 6. The molecule has 488 valence electrons. The molecule has 92 heavy (non-hydrogen) atoms. The summed E-state index contributed by atoms with van der Waals surface area (Å²) in [5.74, 6) is 7.50. The zero-order valence-corrected chi connectivity index (χ0v) is 54.2. The van der Waals surface area contributed by atoms with Crippen LogP contribution in [0.25, 0.3) is 0 Å². The van der Waals surface area contributed by atoms with Gasteiger partial charge in [-0.3, -0.25) is 43.2 Å². The molecule has 6 N–H and O–H groups in total. The van der Waals surface area contributed by atoms with Gasteiger partial charge in [0.05, 0.1) is 18.1 Å². The highest BCUT2D eigenvalue weighted by atomic mass is 16.2. The third-order valence-corrected chi connectivity index (χ3v) is 19.5. The van der Waals surface area contributed by atoms with Crippen molar-refractivity contribution in [2.45, 2.75) is 197 Å². The van der Waals surface area contributed by atoms with E-state index >= 15 is 14.4 Å². The number of carbonyl (C=O) groups is 9. The molecule has 4 aromatic carbocycles. The van der Waals surface area contributed by atoms with Crippen molar-refractivity contribution in [1.29, 1.82) is 0 Å². The number of rotatable bonds is 32. The number of likely N-dealkylation sites (N-methyl/N-ethyl adjacent to an activating group) is 2. The first-order chi connectivity index (χ1) is 44.7. The minimum absolute atomic E-state index is 0.0122. The van der Waals surface area contributed by atoms with E-state index in [9.17, 15) is 28.8 Å². The number of nitrogens with zero attached hydrogens (tertiary/aromatic N) is 2. The van der Waals surface area contributed by atoms with E-state index in [-0.39, 0.29) is 116 Å². The topological polar surface area (TPSA) is 232 Å². The normalized spacial score (nSPS) is 21.7. The van der Waals surface area contributed by atoms with E-state index in [0.717, 1.165) is 17.5 Å². The molecular formula is C75H94N8O9. The molecule has 4 heterocycles. The predicted octanol–water partition coefficient (Wildman–Crippen LogP) is 7.63. The van der Waals surface area contributed by atoms with Crippen molar-refractivity contribution in [3.05, 3.63) is 144 Å². The molecule has 4 aliphatic heterocycles. The van der Waals surface area contributed by atoms with Gasteiger partial charge in [-0.15, -0.1) is 0 Å². The number of ketones is 4. The molecule has 0 aromatic heterocycles. The number of hydrogen-bond acceptors (Lipinski definition) is 12. The molecule has 17 heteroatoms. The van der Waals surface area contributed by atoms with Crippen molar-refractivity contribution in [3.8, 4) is 23.7 Å². The van der Waals surface area contributed by atoms with E-state index in [1.807, 2.05) is 123 Å². The SMILES string of the molecule is CC[C@H](NC)C(=O)C[C@@H]1C(=O)N2[C@@H](CC[C@@H]1CCNCc1ccccc1)CC[C@H]2C(=O)NC(C(=O)CCCNC(=O)CCC#CC#CC(=O)CC[C@H]1CC[C@H]2CC[C@@H](C(=O)CCc3ccccc3)N2C(=O)[C@H]1NC(=O)[C@H](CC)NC)(c1ccccc1)c1ccccc1. The fourth-order valence-corrected chi connectivity index (χ4v) is 14.4. The Hall–Kier alpha value is -8.09. The smallest absolute Gasteiger partial charge is 0.246 e. The van der Waals surface area contributed by atoms with E-state index in [1.165, 1.54) is 0 Å². The summed E-state index contributed by atoms with van der Waals surface area (Å²) in [7, 11) is 3.45. The van der Waals surface area contributed by atoms with Crippen LogP contribution >= 0.6 is 0 Å². The van der Waals surface area contributed by atoms with Crippen LogP contribution in [0.2, 0.25) is 0 Å². The number of benzene rings is 4. The van der Waals surface area contributed by atoms with Crippen molar-refractivity contribution in [2.75, 3.05) is 27.2 Å². The van der Waals surface area contributed by atoms with Gasteiger partial charge in [0.25, 0.3) is 0 Å². The molecular weight excluding hydrogens is 1160 g/mol. The third kappa shape index (κ3) is 18.1. The van der Waals surface area contributed by atoms with E-state index in [0.29, 0.717) is 108 Å². The van der Waals surface area contributed by atoms with E-state index < -0.39 is 47.6 Å². The third-order valence-electron chi connectivity index (χ3n) is 19.5. The molecule has 5 amide bonds. The highest BCUT2D eigenvalue weighted by Crippen LogP contribution is 2.41. The van der Waals surface area contributed by atoms with Crippen LogP contribution in [0.1, 0.15) is 158 Å². The maximum Gasteiger partial charge on any atom is 0.246 e. The largest absolute Gasteiger partial charge is 0.356 e. The number of carbonyl (C=O) groups excluding carboxylic acids is 9. The Kier molecular flexibility index (Phi) is 26.6. The average molecular weight is 1250 g/mol. The Balaban J connectivity index is 0.859. The van der Waals surface area contributed by atoms with E-state index in [1.54, 1.807) is 23.9 Å². The molecule has 0 aliphatic carbocycles. The van der Waals surface area contributed by atoms with Gasteiger partial charge in [0.1, 0.15) is 17.6 Å². The van der Waals surface area contributed by atoms with Gasteiger partial charge in [-0.05, 0) is 162 Å². The van der Waals surface area contributed by atoms with Crippen molar-refractivity contribution >= 4 is 52.7 Å². The molecule has 4 aliphatic rings. The van der Waals surface area contributed by atoms with Crippen molar-refractivity contribution in [2.24, 2.45) is 17.8 Å². The zero-order chi connectivity index (χ0) is 65.4. The van der Waals surface area contributed by atoms with Gasteiger partial charge in [-0.1, -0.05) is 141 Å². The lowest BCUT2D eigenvalue weighted by Gasteiger charge is -2.38. The van der Waals surface area contributed by atoms with Gasteiger partial charge in [-0.25, -0.2) is 0 Å². The minimum Gasteiger partial charge on any atom is -0.356 e. The van der Waals surface area contributed by atoms with Crippen LogP contribution in [-0.4, -0.2) is 132 Å². The van der Waals surface area contributed by atoms with Crippen LogP contribution in [0.3, 0.4) is 0 Å². The highest BCUT2D eigenvalue weighted by molar-refractivity contribution is 6.00. The summed E-state index contributed by atoms with van der Waals surface area (Å²) in [4.78, 5) is 131. The van der Waals surface area contributed by atoms with Gasteiger partial charge in [0.2, 0.25) is 35.3 Å². The summed E-state index contributed by atoms with van der Waals surface area (Å²) < 4.78 is 0. The summed E-state index contributed by atoms with van der Waals surface area (Å²) in [6, 6.07) is 34.6. The van der Waals surface area contributed by atoms with Crippen molar-refractivity contribution in [1.82, 2.24) is 41.7 Å². The summed E-state index contributed by atoms with van der Waals surface area (Å²) in [6.45, 7) is 5.34. The second kappa shape index (κ2) is 35.1. The zero-order valence-electron chi connectivity index (χ0n) is 54.2. The molecule has 4 aromatic rings. The fourth-order valence-electron chi connectivity index (χ4n) is 14.4. The van der Waals surface area contributed by atoms with Gasteiger partial charge in [0.15, 0.2) is 17.3 Å². The number of Topliss-reactive ketones (excluding diaryl/α,β-unsaturated/α-hetero) is 4. The highest BCUT2D eigenvalue weighted by Gasteiger charge is 2.51. The summed E-state index contributed by atoms with van der Waals surface area (Å²) >= 11 is 0. The Morgan fingerprint density at radius 2 is 1.17 bits per heavy atom. The molecule has 0 bridgehead atoms. The van der Waals surface area contributed by atoms with Gasteiger partial charge < -0.3 is 41.7 Å². The second-order valence-corrected chi connectivity index (χ2v) is 25.2. The van der Waals surface area contributed by atoms with Gasteiger partial charge >= 0.3 is 0 Å². The van der Waals surface area contributed by atoms with Gasteiger partial charge in [0, 0.05) is 69.6 Å². The Morgan fingerprint density at radius 3 is 1.79 bits per heavy atom. The van der Waals surface area contributed by atoms with E-state index in [2.05, 4.69) is 67.7 Å². The average Bonchev–Trinajstić information content (AvgIpc) is 1.25. The lowest BCUT2D eigenvalue weighted by molar-refractivity contribution is -0.146. The lowest BCUT2D eigenvalue weighted by atomic mass is 9.77. The molecule has 0 spiro atoms. The fraction of sp³-hybridized carbons (Fsp3) is 0.507. The van der Waals surface area contributed by atoms with Crippen molar-refractivity contribution in [3.63, 3.8) is 0 Å². The summed E-state index contributed by atoms with van der Waals surface area (Å²) in [5, 5.41) is 18.8. The second-order valence-electron chi connectivity index (χ2n) is 25.2. The molecule has 0 radical (unpaired) electrons. The van der Waals surface area contributed by atoms with Crippen LogP contribution in [0.5, 0.6) is 0 Å². The molecule has 4 fully saturated rings. The monoisotopic (exact) mass is 1250 g/mol. The van der Waals surface area contributed by atoms with Crippen LogP contribution in [-0.2, 0) is 61.7 Å². The van der Waals surface area contributed by atoms with Crippen LogP contribution in [0.15, 0.2) is 121 Å². The Labute approximate surface area is 543 Å². The first-order valence-corrected chi connectivity index (χ1v) is 33.6. The Morgan fingerprint density at radius 1 is 0.598 bits per heavy atom. The summed E-state index contributed by atoms with van der Waals surface area (Å²) in [6.07, 6.45) is 8.50. The first kappa shape index (κ1) is 69.8. The first-order valence-electron chi connectivity index (χ1n) is 33.6. The quantitative estimate of drug-likeness (QED) is 0.0158. The molecule has 4 saturated heterocycles. The molecule has 10 atom stereocenters. The number of amides is 5. The standard InChI is InChI=1S/C75H94N8O9/c1-5-62(76-3)67(86)50-61-54(47-49-78-51-53-26-15-10-16-27-53)36-39-59-42-45-65(83(59)73(61)91)72(90)81-75(56-28-17-11-18-29-56,57-30-19-12-20-31-57)68(87)33-23-48-79-69(88)34-22-8-7-21-32-60(84)43-38-55-37-40-58-41-44-64(66(85)46-35-52-24-13-9-14-25-52)82(58)74(92)70(55)80-71(89)63(6-2)77-4/h9-20,24-31,54-55,58-59,61-65,70,76-78H,5-6,22-23,33-51H2,1-4H3,(H,79,88)(H,80,89)(H,81,90)/t54-,55-,58+,59+,61+,62+,63+,64+,65+,70+/m1/s1. The van der Waals surface area contributed by atoms with Gasteiger partial charge in [-0.2, -0.15) is 0 Å². The molecule has 0 unspecified atom stereocenters. The molecule has 0 saturated carbocycles. The lowest BCUT2D eigenvalue weighted by Crippen LogP contribution is -2.58. The number of fused-ring (bicyclic) bond motifs is 2.